The normalized spacial score (nSPS) is 14.7. The maximum Gasteiger partial charge on any atom is 0.286 e. The van der Waals surface area contributed by atoms with Crippen LogP contribution in [0.15, 0.2) is 47.6 Å². The first kappa shape index (κ1) is 17.3. The molecule has 27 heavy (non-hydrogen) atoms. The molecule has 1 aromatic carbocycles. The van der Waals surface area contributed by atoms with E-state index in [0.717, 1.165) is 5.69 Å². The Morgan fingerprint density at radius 2 is 2.00 bits per heavy atom. The van der Waals surface area contributed by atoms with Crippen molar-refractivity contribution in [1.29, 1.82) is 0 Å². The number of benzene rings is 1. The van der Waals surface area contributed by atoms with Crippen LogP contribution in [0.25, 0.3) is 5.69 Å². The summed E-state index contributed by atoms with van der Waals surface area (Å²) in [7, 11) is -3.71. The van der Waals surface area contributed by atoms with E-state index in [1.165, 1.54) is 4.31 Å². The molecule has 1 aliphatic heterocycles. The molecule has 0 spiro atoms. The van der Waals surface area contributed by atoms with Crippen molar-refractivity contribution in [3.63, 3.8) is 0 Å². The Labute approximate surface area is 155 Å². The quantitative estimate of drug-likeness (QED) is 0.691. The minimum absolute atomic E-state index is 0.0396. The van der Waals surface area contributed by atoms with Crippen molar-refractivity contribution < 1.29 is 13.2 Å². The Balaban J connectivity index is 1.61. The highest BCUT2D eigenvalue weighted by molar-refractivity contribution is 7.89. The highest BCUT2D eigenvalue weighted by Gasteiger charge is 2.30. The number of nitrogens with zero attached hydrogens (tertiary/aromatic N) is 5. The molecule has 0 fully saturated rings. The summed E-state index contributed by atoms with van der Waals surface area (Å²) in [6.07, 6.45) is 6.57. The van der Waals surface area contributed by atoms with Gasteiger partial charge in [-0.1, -0.05) is 0 Å². The second-order valence-electron chi connectivity index (χ2n) is 5.98. The number of carbonyl (C=O) groups excluding carboxylic acids is 1. The van der Waals surface area contributed by atoms with E-state index >= 15 is 0 Å². The van der Waals surface area contributed by atoms with Gasteiger partial charge in [-0.05, 0) is 36.8 Å². The number of carbonyl (C=O) groups is 1. The molecule has 3 heterocycles. The molecule has 4 rings (SSSR count). The van der Waals surface area contributed by atoms with Gasteiger partial charge in [-0.2, -0.15) is 9.40 Å². The van der Waals surface area contributed by atoms with E-state index in [1.807, 2.05) is 0 Å². The molecule has 3 aromatic rings. The lowest BCUT2D eigenvalue weighted by atomic mass is 10.1. The van der Waals surface area contributed by atoms with Gasteiger partial charge in [0.15, 0.2) is 0 Å². The van der Waals surface area contributed by atoms with Crippen LogP contribution in [0.3, 0.4) is 0 Å². The van der Waals surface area contributed by atoms with Gasteiger partial charge < -0.3 is 5.73 Å². The molecule has 0 aliphatic carbocycles. The highest BCUT2D eigenvalue weighted by Crippen LogP contribution is 2.24. The van der Waals surface area contributed by atoms with Gasteiger partial charge in [0.2, 0.25) is 15.8 Å². The number of sulfonamides is 1. The van der Waals surface area contributed by atoms with Crippen molar-refractivity contribution >= 4 is 15.9 Å². The van der Waals surface area contributed by atoms with Gasteiger partial charge >= 0.3 is 0 Å². The zero-order valence-electron chi connectivity index (χ0n) is 14.1. The van der Waals surface area contributed by atoms with Crippen molar-refractivity contribution in [1.82, 2.24) is 24.1 Å². The minimum atomic E-state index is -3.71. The number of amides is 1. The molecule has 9 nitrogen and oxygen atoms in total. The zero-order valence-corrected chi connectivity index (χ0v) is 14.9. The average Bonchev–Trinajstić information content (AvgIpc) is 3.22. The van der Waals surface area contributed by atoms with Crippen molar-refractivity contribution in [2.45, 2.75) is 17.9 Å². The molecule has 0 atom stereocenters. The Hall–Kier alpha value is -3.11. The molecule has 0 saturated heterocycles. The summed E-state index contributed by atoms with van der Waals surface area (Å²) in [5, 5.41) is 4.12. The third-order valence-electron chi connectivity index (χ3n) is 4.29. The summed E-state index contributed by atoms with van der Waals surface area (Å²) in [6, 6.07) is 8.26. The summed E-state index contributed by atoms with van der Waals surface area (Å²) in [5.41, 5.74) is 7.09. The number of rotatable bonds is 4. The van der Waals surface area contributed by atoms with Crippen LogP contribution in [0, 0.1) is 6.20 Å². The molecule has 0 saturated carbocycles. The fourth-order valence-corrected chi connectivity index (χ4v) is 4.28. The van der Waals surface area contributed by atoms with Gasteiger partial charge in [-0.25, -0.2) is 23.1 Å². The van der Waals surface area contributed by atoms with Crippen LogP contribution in [-0.4, -0.2) is 44.9 Å². The molecule has 1 aliphatic rings. The third kappa shape index (κ3) is 3.20. The Bertz CT molecular complexity index is 1090. The number of primary amides is 1. The largest absolute Gasteiger partial charge is 0.363 e. The fraction of sp³-hybridized carbons (Fsp3) is 0.176. The number of aromatic nitrogens is 4. The number of fused-ring (bicyclic) bond motifs is 1. The number of hydrogen-bond donors (Lipinski definition) is 1. The van der Waals surface area contributed by atoms with Crippen molar-refractivity contribution in [2.24, 2.45) is 5.73 Å². The summed E-state index contributed by atoms with van der Waals surface area (Å²) >= 11 is 0. The van der Waals surface area contributed by atoms with E-state index in [9.17, 15) is 13.2 Å². The van der Waals surface area contributed by atoms with E-state index < -0.39 is 15.9 Å². The lowest BCUT2D eigenvalue weighted by Crippen LogP contribution is -2.37. The maximum absolute atomic E-state index is 13.0. The first-order valence-electron chi connectivity index (χ1n) is 8.12. The van der Waals surface area contributed by atoms with Crippen LogP contribution in [0.2, 0.25) is 0 Å². The summed E-state index contributed by atoms with van der Waals surface area (Å²) in [5.74, 6) is -0.945. The van der Waals surface area contributed by atoms with Gasteiger partial charge in [0.25, 0.3) is 5.91 Å². The highest BCUT2D eigenvalue weighted by atomic mass is 32.2. The third-order valence-corrected chi connectivity index (χ3v) is 6.15. The van der Waals surface area contributed by atoms with E-state index in [2.05, 4.69) is 21.3 Å². The molecule has 1 amide bonds. The molecule has 137 valence electrons. The fourth-order valence-electron chi connectivity index (χ4n) is 2.88. The van der Waals surface area contributed by atoms with Crippen molar-refractivity contribution in [3.8, 4) is 5.69 Å². The van der Waals surface area contributed by atoms with Crippen LogP contribution in [0.4, 0.5) is 0 Å². The molecule has 2 aromatic heterocycles. The second-order valence-corrected chi connectivity index (χ2v) is 7.92. The second kappa shape index (κ2) is 6.56. The molecular weight excluding hydrogens is 368 g/mol. The van der Waals surface area contributed by atoms with Gasteiger partial charge in [0.05, 0.1) is 29.0 Å². The van der Waals surface area contributed by atoms with E-state index in [4.69, 9.17) is 5.73 Å². The van der Waals surface area contributed by atoms with Crippen LogP contribution in [0.5, 0.6) is 0 Å². The van der Waals surface area contributed by atoms with E-state index in [0.29, 0.717) is 17.7 Å². The zero-order chi connectivity index (χ0) is 19.0. The first-order chi connectivity index (χ1) is 12.9. The van der Waals surface area contributed by atoms with Crippen LogP contribution in [0.1, 0.15) is 21.9 Å². The number of hydrogen-bond acceptors (Lipinski definition) is 6. The Morgan fingerprint density at radius 1 is 1.22 bits per heavy atom. The molecule has 0 unspecified atom stereocenters. The molecular formula is C17H15N6O3S. The van der Waals surface area contributed by atoms with Gasteiger partial charge in [0, 0.05) is 24.5 Å². The van der Waals surface area contributed by atoms with Crippen molar-refractivity contribution in [3.05, 3.63) is 66.0 Å². The molecule has 10 heteroatoms. The van der Waals surface area contributed by atoms with Crippen LogP contribution < -0.4 is 5.73 Å². The van der Waals surface area contributed by atoms with Crippen LogP contribution >= 0.6 is 0 Å². The standard InChI is InChI=1S/C17H15N6O3S/c18-16(24)17-19-10-12-6-9-22(11-15(12)21-17)27(25,26)14-4-2-13(3-5-14)23-8-1-7-20-23/h1-5,7-8H,6,9,11H2,(H2,18,24). The minimum Gasteiger partial charge on any atom is -0.363 e. The molecule has 0 bridgehead atoms. The summed E-state index contributed by atoms with van der Waals surface area (Å²) in [4.78, 5) is 19.3. The topological polar surface area (TPSA) is 124 Å². The van der Waals surface area contributed by atoms with Gasteiger partial charge in [-0.3, -0.25) is 4.79 Å². The average molecular weight is 383 g/mol. The van der Waals surface area contributed by atoms with Gasteiger partial charge in [-0.15, -0.1) is 0 Å². The first-order valence-corrected chi connectivity index (χ1v) is 9.56. The Morgan fingerprint density at radius 3 is 2.67 bits per heavy atom. The summed E-state index contributed by atoms with van der Waals surface area (Å²) < 4.78 is 28.9. The lowest BCUT2D eigenvalue weighted by molar-refractivity contribution is 0.0989. The number of nitrogens with two attached hydrogens (primary N) is 1. The van der Waals surface area contributed by atoms with Crippen LogP contribution in [-0.2, 0) is 23.0 Å². The Kier molecular flexibility index (Phi) is 4.21. The molecule has 2 N–H and O–H groups in total. The monoisotopic (exact) mass is 383 g/mol. The predicted molar refractivity (Wildman–Crippen MR) is 94.2 cm³/mol. The van der Waals surface area contributed by atoms with Gasteiger partial charge in [0.1, 0.15) is 0 Å². The summed E-state index contributed by atoms with van der Waals surface area (Å²) in [6.45, 7) is 0.323. The van der Waals surface area contributed by atoms with Crippen molar-refractivity contribution in [2.75, 3.05) is 6.54 Å². The van der Waals surface area contributed by atoms with E-state index in [1.54, 1.807) is 47.4 Å². The smallest absolute Gasteiger partial charge is 0.286 e. The SMILES string of the molecule is NC(=O)c1n[c]c2c(n1)CN(S(=O)(=O)c1ccc(-n3cccn3)cc1)CC2. The predicted octanol–water partition coefficient (Wildman–Crippen LogP) is 0.308. The molecule has 1 radical (unpaired) electrons. The van der Waals surface area contributed by atoms with E-state index in [-0.39, 0.29) is 23.8 Å². The maximum atomic E-state index is 13.0. The lowest BCUT2D eigenvalue weighted by Gasteiger charge is -2.27.